The molecule has 132 valence electrons. The zero-order chi connectivity index (χ0) is 17.3. The van der Waals surface area contributed by atoms with Crippen LogP contribution in [0, 0.1) is 6.92 Å². The lowest BCUT2D eigenvalue weighted by atomic mass is 9.90. The van der Waals surface area contributed by atoms with Crippen LogP contribution in [0.25, 0.3) is 0 Å². The first kappa shape index (κ1) is 17.1. The summed E-state index contributed by atoms with van der Waals surface area (Å²) in [6.45, 7) is 6.34. The fourth-order valence-corrected chi connectivity index (χ4v) is 3.45. The molecule has 7 heteroatoms. The molecule has 1 aliphatic carbocycles. The number of nitrogens with zero attached hydrogens (tertiary/aromatic N) is 5. The summed E-state index contributed by atoms with van der Waals surface area (Å²) in [5.74, 6) is 0. The lowest BCUT2D eigenvalue weighted by molar-refractivity contribution is 0.0736. The van der Waals surface area contributed by atoms with Gasteiger partial charge in [-0.25, -0.2) is 4.68 Å². The predicted octanol–water partition coefficient (Wildman–Crippen LogP) is 1.82. The second-order valence-corrected chi connectivity index (χ2v) is 7.40. The maximum absolute atomic E-state index is 10.1. The van der Waals surface area contributed by atoms with Crippen molar-refractivity contribution in [3.63, 3.8) is 0 Å². The van der Waals surface area contributed by atoms with E-state index < -0.39 is 5.60 Å². The highest BCUT2D eigenvalue weighted by Gasteiger charge is 2.29. The number of rotatable bonds is 5. The van der Waals surface area contributed by atoms with Crippen LogP contribution in [0.3, 0.4) is 0 Å². The van der Waals surface area contributed by atoms with Crippen LogP contribution in [0.1, 0.15) is 62.5 Å². The van der Waals surface area contributed by atoms with Crippen molar-refractivity contribution in [1.82, 2.24) is 30.1 Å². The molecule has 0 saturated heterocycles. The number of nitrogens with one attached hydrogen (secondary N) is 1. The van der Waals surface area contributed by atoms with Gasteiger partial charge in [0.15, 0.2) is 0 Å². The molecule has 2 heterocycles. The van der Waals surface area contributed by atoms with Crippen LogP contribution in [-0.4, -0.2) is 35.9 Å². The van der Waals surface area contributed by atoms with Gasteiger partial charge >= 0.3 is 0 Å². The topological polar surface area (TPSA) is 80.8 Å². The highest BCUT2D eigenvalue weighted by Crippen LogP contribution is 2.29. The molecule has 2 aromatic heterocycles. The first-order valence-electron chi connectivity index (χ1n) is 8.72. The Labute approximate surface area is 143 Å². The van der Waals surface area contributed by atoms with E-state index in [1.807, 2.05) is 29.5 Å². The first-order valence-corrected chi connectivity index (χ1v) is 8.72. The molecule has 2 N–H and O–H groups in total. The molecule has 0 aromatic carbocycles. The summed E-state index contributed by atoms with van der Waals surface area (Å²) in [6.07, 6.45) is 8.60. The summed E-state index contributed by atoms with van der Waals surface area (Å²) in [5, 5.41) is 26.6. The fraction of sp³-hybridized carbons (Fsp3) is 0.706. The van der Waals surface area contributed by atoms with Crippen molar-refractivity contribution < 1.29 is 5.11 Å². The van der Waals surface area contributed by atoms with Gasteiger partial charge in [-0.2, -0.15) is 5.10 Å². The summed E-state index contributed by atoms with van der Waals surface area (Å²) < 4.78 is 3.79. The average Bonchev–Trinajstić information content (AvgIpc) is 3.12. The zero-order valence-corrected chi connectivity index (χ0v) is 15.0. The zero-order valence-electron chi connectivity index (χ0n) is 15.0. The maximum Gasteiger partial charge on any atom is 0.114 e. The smallest absolute Gasteiger partial charge is 0.114 e. The van der Waals surface area contributed by atoms with E-state index >= 15 is 0 Å². The molecule has 2 atom stereocenters. The quantitative estimate of drug-likeness (QED) is 0.873. The van der Waals surface area contributed by atoms with Crippen LogP contribution >= 0.6 is 0 Å². The van der Waals surface area contributed by atoms with E-state index in [1.165, 1.54) is 18.4 Å². The Morgan fingerprint density at radius 1 is 1.29 bits per heavy atom. The Kier molecular flexibility index (Phi) is 4.73. The van der Waals surface area contributed by atoms with E-state index in [0.29, 0.717) is 11.7 Å². The maximum atomic E-state index is 10.1. The molecule has 0 aliphatic heterocycles. The number of hydrogen-bond acceptors (Lipinski definition) is 5. The highest BCUT2D eigenvalue weighted by atomic mass is 16.3. The van der Waals surface area contributed by atoms with E-state index in [2.05, 4.69) is 26.9 Å². The molecule has 3 rings (SSSR count). The van der Waals surface area contributed by atoms with Crippen LogP contribution in [0.5, 0.6) is 0 Å². The fourth-order valence-electron chi connectivity index (χ4n) is 3.45. The number of aliphatic hydroxyl groups is 1. The van der Waals surface area contributed by atoms with Crippen LogP contribution in [0.15, 0.2) is 12.4 Å². The lowest BCUT2D eigenvalue weighted by Crippen LogP contribution is -2.39. The Morgan fingerprint density at radius 3 is 2.67 bits per heavy atom. The van der Waals surface area contributed by atoms with E-state index in [1.54, 1.807) is 13.8 Å². The summed E-state index contributed by atoms with van der Waals surface area (Å²) in [5.41, 5.74) is 1.97. The molecule has 24 heavy (non-hydrogen) atoms. The van der Waals surface area contributed by atoms with Crippen LogP contribution in [-0.2, 0) is 19.2 Å². The highest BCUT2D eigenvalue weighted by molar-refractivity contribution is 5.15. The Bertz CT molecular complexity index is 684. The van der Waals surface area contributed by atoms with Crippen molar-refractivity contribution in [2.75, 3.05) is 0 Å². The van der Waals surface area contributed by atoms with Crippen LogP contribution < -0.4 is 5.32 Å². The third kappa shape index (κ3) is 3.67. The molecule has 7 nitrogen and oxygen atoms in total. The Hall–Kier alpha value is -1.73. The van der Waals surface area contributed by atoms with Gasteiger partial charge in [-0.05, 0) is 33.6 Å². The molecule has 0 bridgehead atoms. The first-order chi connectivity index (χ1) is 11.3. The van der Waals surface area contributed by atoms with Gasteiger partial charge in [0.25, 0.3) is 0 Å². The van der Waals surface area contributed by atoms with E-state index in [0.717, 1.165) is 25.1 Å². The van der Waals surface area contributed by atoms with E-state index in [-0.39, 0.29) is 6.04 Å². The summed E-state index contributed by atoms with van der Waals surface area (Å²) in [7, 11) is 1.95. The molecule has 1 aliphatic rings. The molecule has 1 saturated carbocycles. The van der Waals surface area contributed by atoms with Gasteiger partial charge in [-0.1, -0.05) is 18.1 Å². The van der Waals surface area contributed by atoms with Gasteiger partial charge in [-0.3, -0.25) is 4.68 Å². The Morgan fingerprint density at radius 2 is 2.04 bits per heavy atom. The molecule has 0 spiro atoms. The molecular formula is C17H28N6O. The minimum absolute atomic E-state index is 0.277. The third-order valence-corrected chi connectivity index (χ3v) is 4.88. The van der Waals surface area contributed by atoms with Crippen molar-refractivity contribution in [3.05, 3.63) is 29.3 Å². The number of aryl methyl sites for hydroxylation is 2. The van der Waals surface area contributed by atoms with Crippen molar-refractivity contribution in [1.29, 1.82) is 0 Å². The standard InChI is InChI=1S/C17H28N6O/c1-12-13(10-22(4)20-12)9-18-14-7-5-6-8-15(14)23-11-16(19-21-23)17(2,3)24/h10-11,14-15,18,24H,5-9H2,1-4H3/t14-,15+/m0/s1. The van der Waals surface area contributed by atoms with Crippen molar-refractivity contribution in [3.8, 4) is 0 Å². The molecule has 2 aromatic rings. The largest absolute Gasteiger partial charge is 0.384 e. The summed E-state index contributed by atoms with van der Waals surface area (Å²) in [4.78, 5) is 0. The number of hydrogen-bond donors (Lipinski definition) is 2. The van der Waals surface area contributed by atoms with Gasteiger partial charge < -0.3 is 10.4 Å². The second kappa shape index (κ2) is 6.64. The van der Waals surface area contributed by atoms with Gasteiger partial charge in [0, 0.05) is 31.4 Å². The monoisotopic (exact) mass is 332 g/mol. The van der Waals surface area contributed by atoms with Crippen molar-refractivity contribution >= 4 is 0 Å². The van der Waals surface area contributed by atoms with Crippen molar-refractivity contribution in [2.45, 2.75) is 70.7 Å². The third-order valence-electron chi connectivity index (χ3n) is 4.88. The van der Waals surface area contributed by atoms with Gasteiger partial charge in [-0.15, -0.1) is 5.10 Å². The van der Waals surface area contributed by atoms with Crippen LogP contribution in [0.4, 0.5) is 0 Å². The SMILES string of the molecule is Cc1nn(C)cc1CN[C@H]1CCCC[C@H]1n1cc(C(C)(C)O)nn1. The molecule has 0 amide bonds. The van der Waals surface area contributed by atoms with Crippen LogP contribution in [0.2, 0.25) is 0 Å². The van der Waals surface area contributed by atoms with Crippen molar-refractivity contribution in [2.24, 2.45) is 7.05 Å². The average molecular weight is 332 g/mol. The second-order valence-electron chi connectivity index (χ2n) is 7.40. The summed E-state index contributed by atoms with van der Waals surface area (Å²) in [6, 6.07) is 0.633. The molecule has 0 radical (unpaired) electrons. The number of aromatic nitrogens is 5. The molecule has 1 fully saturated rings. The minimum Gasteiger partial charge on any atom is -0.384 e. The molecular weight excluding hydrogens is 304 g/mol. The van der Waals surface area contributed by atoms with E-state index in [4.69, 9.17) is 0 Å². The molecule has 0 unspecified atom stereocenters. The van der Waals surface area contributed by atoms with Gasteiger partial charge in [0.2, 0.25) is 0 Å². The Balaban J connectivity index is 1.71. The minimum atomic E-state index is -0.956. The van der Waals surface area contributed by atoms with Gasteiger partial charge in [0.05, 0.1) is 17.9 Å². The predicted molar refractivity (Wildman–Crippen MR) is 91.3 cm³/mol. The van der Waals surface area contributed by atoms with Gasteiger partial charge in [0.1, 0.15) is 11.3 Å². The van der Waals surface area contributed by atoms with E-state index in [9.17, 15) is 5.11 Å². The normalized spacial score (nSPS) is 22.0. The lowest BCUT2D eigenvalue weighted by Gasteiger charge is -2.32. The summed E-state index contributed by atoms with van der Waals surface area (Å²) >= 11 is 0.